The third kappa shape index (κ3) is 2.99. The van der Waals surface area contributed by atoms with E-state index in [1.54, 1.807) is 0 Å². The van der Waals surface area contributed by atoms with Gasteiger partial charge in [-0.2, -0.15) is 0 Å². The first-order valence-electron chi connectivity index (χ1n) is 7.47. The normalized spacial score (nSPS) is 17.1. The number of rotatable bonds is 4. The Kier molecular flexibility index (Phi) is 4.28. The molecule has 104 valence electrons. The minimum atomic E-state index is -0.0579. The molecule has 0 atom stereocenters. The van der Waals surface area contributed by atoms with E-state index < -0.39 is 0 Å². The van der Waals surface area contributed by atoms with Crippen LogP contribution in [0.3, 0.4) is 0 Å². The Labute approximate surface area is 116 Å². The van der Waals surface area contributed by atoms with Crippen molar-refractivity contribution in [2.75, 3.05) is 4.90 Å². The number of fused-ring (bicyclic) bond motifs is 1. The molecule has 0 aliphatic carbocycles. The molecule has 0 spiro atoms. The van der Waals surface area contributed by atoms with Gasteiger partial charge in [0.1, 0.15) is 0 Å². The van der Waals surface area contributed by atoms with E-state index in [2.05, 4.69) is 39.0 Å². The minimum absolute atomic E-state index is 0.0579. The lowest BCUT2D eigenvalue weighted by molar-refractivity contribution is -0.119. The Hall–Kier alpha value is -1.31. The standard InChI is InChI=1S/C17H25NO/c1-4-5-6-11-16(19)18-15-10-8-7-9-14(15)12-13-17(18,2)3/h7-10H,4-6,11-13H2,1-3H3. The highest BCUT2D eigenvalue weighted by Gasteiger charge is 2.36. The van der Waals surface area contributed by atoms with E-state index in [9.17, 15) is 4.79 Å². The zero-order valence-electron chi connectivity index (χ0n) is 12.4. The molecular formula is C17H25NO. The van der Waals surface area contributed by atoms with E-state index in [1.807, 2.05) is 11.0 Å². The van der Waals surface area contributed by atoms with Crippen molar-refractivity contribution in [2.45, 2.75) is 64.8 Å². The summed E-state index contributed by atoms with van der Waals surface area (Å²) in [5, 5.41) is 0. The molecule has 19 heavy (non-hydrogen) atoms. The molecule has 0 bridgehead atoms. The van der Waals surface area contributed by atoms with Crippen molar-refractivity contribution in [1.82, 2.24) is 0 Å². The number of carbonyl (C=O) groups excluding carboxylic acids is 1. The van der Waals surface area contributed by atoms with Crippen LogP contribution in [0.15, 0.2) is 24.3 Å². The SMILES string of the molecule is CCCCCC(=O)N1c2ccccc2CCC1(C)C. The fraction of sp³-hybridized carbons (Fsp3) is 0.588. The Balaban J connectivity index is 2.22. The molecule has 0 unspecified atom stereocenters. The summed E-state index contributed by atoms with van der Waals surface area (Å²) in [6.07, 6.45) is 6.09. The molecule has 1 amide bonds. The van der Waals surface area contributed by atoms with Crippen LogP contribution in [0.4, 0.5) is 5.69 Å². The molecule has 2 heteroatoms. The molecule has 2 rings (SSSR count). The molecule has 0 saturated carbocycles. The summed E-state index contributed by atoms with van der Waals surface area (Å²) in [6.45, 7) is 6.53. The maximum absolute atomic E-state index is 12.6. The summed E-state index contributed by atoms with van der Waals surface area (Å²) >= 11 is 0. The van der Waals surface area contributed by atoms with Crippen LogP contribution in [0.2, 0.25) is 0 Å². The highest BCUT2D eigenvalue weighted by molar-refractivity contribution is 5.96. The molecule has 1 aliphatic rings. The molecule has 1 heterocycles. The van der Waals surface area contributed by atoms with Gasteiger partial charge in [-0.15, -0.1) is 0 Å². The molecule has 1 aromatic carbocycles. The van der Waals surface area contributed by atoms with Gasteiger partial charge in [0.25, 0.3) is 0 Å². The zero-order chi connectivity index (χ0) is 13.9. The molecule has 1 aliphatic heterocycles. The van der Waals surface area contributed by atoms with Gasteiger partial charge in [0, 0.05) is 17.6 Å². The molecule has 0 radical (unpaired) electrons. The molecule has 0 aromatic heterocycles. The lowest BCUT2D eigenvalue weighted by atomic mass is 9.86. The summed E-state index contributed by atoms with van der Waals surface area (Å²) in [6, 6.07) is 8.34. The summed E-state index contributed by atoms with van der Waals surface area (Å²) in [5.74, 6) is 0.283. The third-order valence-corrected chi connectivity index (χ3v) is 4.09. The molecule has 0 saturated heterocycles. The first-order valence-corrected chi connectivity index (χ1v) is 7.47. The van der Waals surface area contributed by atoms with Crippen LogP contribution in [-0.4, -0.2) is 11.4 Å². The van der Waals surface area contributed by atoms with Crippen molar-refractivity contribution >= 4 is 11.6 Å². The van der Waals surface area contributed by atoms with Gasteiger partial charge < -0.3 is 4.90 Å². The zero-order valence-corrected chi connectivity index (χ0v) is 12.4. The van der Waals surface area contributed by atoms with Crippen LogP contribution in [0.25, 0.3) is 0 Å². The van der Waals surface area contributed by atoms with Crippen molar-refractivity contribution in [2.24, 2.45) is 0 Å². The summed E-state index contributed by atoms with van der Waals surface area (Å²) in [5.41, 5.74) is 2.38. The van der Waals surface area contributed by atoms with Crippen LogP contribution < -0.4 is 4.90 Å². The quantitative estimate of drug-likeness (QED) is 0.737. The fourth-order valence-electron chi connectivity index (χ4n) is 2.93. The number of amides is 1. The smallest absolute Gasteiger partial charge is 0.227 e. The highest BCUT2D eigenvalue weighted by atomic mass is 16.2. The fourth-order valence-corrected chi connectivity index (χ4v) is 2.93. The maximum atomic E-state index is 12.6. The van der Waals surface area contributed by atoms with Crippen molar-refractivity contribution < 1.29 is 4.79 Å². The van der Waals surface area contributed by atoms with Crippen LogP contribution in [0, 0.1) is 0 Å². The van der Waals surface area contributed by atoms with E-state index in [0.29, 0.717) is 6.42 Å². The number of carbonyl (C=O) groups is 1. The summed E-state index contributed by atoms with van der Waals surface area (Å²) < 4.78 is 0. The number of benzene rings is 1. The van der Waals surface area contributed by atoms with E-state index >= 15 is 0 Å². The number of nitrogens with zero attached hydrogens (tertiary/aromatic N) is 1. The highest BCUT2D eigenvalue weighted by Crippen LogP contribution is 2.37. The van der Waals surface area contributed by atoms with Crippen LogP contribution >= 0.6 is 0 Å². The van der Waals surface area contributed by atoms with Gasteiger partial charge in [0.15, 0.2) is 0 Å². The van der Waals surface area contributed by atoms with Gasteiger partial charge in [-0.05, 0) is 44.7 Å². The number of hydrogen-bond acceptors (Lipinski definition) is 1. The molecule has 1 aromatic rings. The Morgan fingerprint density at radius 1 is 1.26 bits per heavy atom. The first kappa shape index (κ1) is 14.1. The molecule has 0 fully saturated rings. The van der Waals surface area contributed by atoms with Gasteiger partial charge in [0.05, 0.1) is 0 Å². The summed E-state index contributed by atoms with van der Waals surface area (Å²) in [7, 11) is 0. The molecule has 0 N–H and O–H groups in total. The number of anilines is 1. The first-order chi connectivity index (χ1) is 9.06. The number of unbranched alkanes of at least 4 members (excludes halogenated alkanes) is 2. The van der Waals surface area contributed by atoms with Crippen LogP contribution in [0.5, 0.6) is 0 Å². The van der Waals surface area contributed by atoms with Crippen LogP contribution in [-0.2, 0) is 11.2 Å². The topological polar surface area (TPSA) is 20.3 Å². The maximum Gasteiger partial charge on any atom is 0.227 e. The van der Waals surface area contributed by atoms with Crippen molar-refractivity contribution in [3.8, 4) is 0 Å². The predicted octanol–water partition coefficient (Wildman–Crippen LogP) is 4.32. The van der Waals surface area contributed by atoms with Gasteiger partial charge >= 0.3 is 0 Å². The molecule has 2 nitrogen and oxygen atoms in total. The van der Waals surface area contributed by atoms with Crippen molar-refractivity contribution in [3.63, 3.8) is 0 Å². The Morgan fingerprint density at radius 2 is 2.00 bits per heavy atom. The third-order valence-electron chi connectivity index (χ3n) is 4.09. The lowest BCUT2D eigenvalue weighted by Gasteiger charge is -2.43. The van der Waals surface area contributed by atoms with E-state index in [1.165, 1.54) is 5.56 Å². The average Bonchev–Trinajstić information content (AvgIpc) is 2.38. The van der Waals surface area contributed by atoms with Crippen LogP contribution in [0.1, 0.15) is 58.4 Å². The largest absolute Gasteiger partial charge is 0.307 e. The summed E-state index contributed by atoms with van der Waals surface area (Å²) in [4.78, 5) is 14.6. The van der Waals surface area contributed by atoms with E-state index in [0.717, 1.165) is 37.8 Å². The van der Waals surface area contributed by atoms with Gasteiger partial charge in [-0.1, -0.05) is 38.0 Å². The number of para-hydroxylation sites is 1. The Morgan fingerprint density at radius 3 is 2.74 bits per heavy atom. The van der Waals surface area contributed by atoms with Crippen molar-refractivity contribution in [3.05, 3.63) is 29.8 Å². The second kappa shape index (κ2) is 5.77. The van der Waals surface area contributed by atoms with E-state index in [4.69, 9.17) is 0 Å². The van der Waals surface area contributed by atoms with Gasteiger partial charge in [-0.25, -0.2) is 0 Å². The predicted molar refractivity (Wildman–Crippen MR) is 80.5 cm³/mol. The van der Waals surface area contributed by atoms with E-state index in [-0.39, 0.29) is 11.4 Å². The number of aryl methyl sites for hydroxylation is 1. The van der Waals surface area contributed by atoms with Gasteiger partial charge in [-0.3, -0.25) is 4.79 Å². The molecular weight excluding hydrogens is 234 g/mol. The lowest BCUT2D eigenvalue weighted by Crippen LogP contribution is -2.50. The minimum Gasteiger partial charge on any atom is -0.307 e. The second-order valence-electron chi connectivity index (χ2n) is 6.13. The Bertz CT molecular complexity index is 450. The monoisotopic (exact) mass is 259 g/mol. The van der Waals surface area contributed by atoms with Crippen molar-refractivity contribution in [1.29, 1.82) is 0 Å². The average molecular weight is 259 g/mol. The second-order valence-corrected chi connectivity index (χ2v) is 6.13. The number of hydrogen-bond donors (Lipinski definition) is 0. The van der Waals surface area contributed by atoms with Gasteiger partial charge in [0.2, 0.25) is 5.91 Å².